The van der Waals surface area contributed by atoms with Gasteiger partial charge in [-0.2, -0.15) is 0 Å². The zero-order valence-corrected chi connectivity index (χ0v) is 13.1. The van der Waals surface area contributed by atoms with Gasteiger partial charge in [0.25, 0.3) is 0 Å². The van der Waals surface area contributed by atoms with Crippen LogP contribution in [0.5, 0.6) is 5.75 Å². The van der Waals surface area contributed by atoms with Crippen LogP contribution in [0.15, 0.2) is 28.7 Å². The summed E-state index contributed by atoms with van der Waals surface area (Å²) in [5, 5.41) is 13.1. The highest BCUT2D eigenvalue weighted by molar-refractivity contribution is 9.10. The summed E-state index contributed by atoms with van der Waals surface area (Å²) in [6.45, 7) is 3.56. The van der Waals surface area contributed by atoms with Gasteiger partial charge < -0.3 is 19.9 Å². The molecule has 0 amide bonds. The fourth-order valence-corrected chi connectivity index (χ4v) is 2.57. The maximum Gasteiger partial charge on any atom is 0.120 e. The number of aliphatic hydroxyl groups excluding tert-OH is 1. The average Bonchev–Trinajstić information content (AvgIpc) is 2.95. The van der Waals surface area contributed by atoms with Crippen LogP contribution in [0.4, 0.5) is 0 Å². The highest BCUT2D eigenvalue weighted by atomic mass is 79.9. The van der Waals surface area contributed by atoms with Crippen LogP contribution in [0, 0.1) is 5.92 Å². The third-order valence-electron chi connectivity index (χ3n) is 3.37. The molecule has 112 valence electrons. The molecule has 5 heteroatoms. The molecule has 2 unspecified atom stereocenters. The van der Waals surface area contributed by atoms with Crippen LogP contribution in [0.1, 0.15) is 12.8 Å². The highest BCUT2D eigenvalue weighted by Crippen LogP contribution is 2.18. The third kappa shape index (κ3) is 5.79. The van der Waals surface area contributed by atoms with Crippen LogP contribution in [-0.4, -0.2) is 44.1 Å². The largest absolute Gasteiger partial charge is 0.491 e. The molecule has 1 heterocycles. The van der Waals surface area contributed by atoms with Crippen LogP contribution >= 0.6 is 15.9 Å². The lowest BCUT2D eigenvalue weighted by Crippen LogP contribution is -2.32. The fourth-order valence-electron chi connectivity index (χ4n) is 2.19. The Hall–Kier alpha value is -0.620. The van der Waals surface area contributed by atoms with E-state index in [1.165, 1.54) is 0 Å². The summed E-state index contributed by atoms with van der Waals surface area (Å²) in [4.78, 5) is 0. The van der Waals surface area contributed by atoms with Gasteiger partial charge in [-0.15, -0.1) is 0 Å². The van der Waals surface area contributed by atoms with Crippen molar-refractivity contribution < 1.29 is 14.6 Å². The zero-order chi connectivity index (χ0) is 14.2. The molecule has 4 nitrogen and oxygen atoms in total. The lowest BCUT2D eigenvalue weighted by Gasteiger charge is -2.14. The van der Waals surface area contributed by atoms with Crippen molar-refractivity contribution in [3.63, 3.8) is 0 Å². The SMILES string of the molecule is OC(CNCCC1CCOC1)COc1cccc(Br)c1. The van der Waals surface area contributed by atoms with Crippen molar-refractivity contribution in [1.82, 2.24) is 5.32 Å². The van der Waals surface area contributed by atoms with Gasteiger partial charge in [0.15, 0.2) is 0 Å². The molecule has 0 radical (unpaired) electrons. The summed E-state index contributed by atoms with van der Waals surface area (Å²) < 4.78 is 11.8. The average molecular weight is 344 g/mol. The number of hydrogen-bond donors (Lipinski definition) is 2. The first-order valence-corrected chi connectivity index (χ1v) is 7.88. The van der Waals surface area contributed by atoms with Gasteiger partial charge in [-0.25, -0.2) is 0 Å². The second-order valence-electron chi connectivity index (χ2n) is 5.14. The van der Waals surface area contributed by atoms with E-state index in [0.717, 1.165) is 42.8 Å². The quantitative estimate of drug-likeness (QED) is 0.710. The Balaban J connectivity index is 1.54. The summed E-state index contributed by atoms with van der Waals surface area (Å²) in [7, 11) is 0. The number of nitrogens with one attached hydrogen (secondary N) is 1. The van der Waals surface area contributed by atoms with Gasteiger partial charge in [-0.05, 0) is 43.5 Å². The molecule has 1 saturated heterocycles. The molecule has 0 saturated carbocycles. The van der Waals surface area contributed by atoms with Crippen molar-refractivity contribution in [2.45, 2.75) is 18.9 Å². The summed E-state index contributed by atoms with van der Waals surface area (Å²) in [5.74, 6) is 1.44. The highest BCUT2D eigenvalue weighted by Gasteiger charge is 2.14. The summed E-state index contributed by atoms with van der Waals surface area (Å²) >= 11 is 3.39. The Bertz CT molecular complexity index is 396. The molecule has 0 aromatic heterocycles. The Morgan fingerprint density at radius 3 is 3.15 bits per heavy atom. The van der Waals surface area contributed by atoms with E-state index in [0.29, 0.717) is 19.1 Å². The van der Waals surface area contributed by atoms with Crippen LogP contribution < -0.4 is 10.1 Å². The van der Waals surface area contributed by atoms with Gasteiger partial charge in [-0.3, -0.25) is 0 Å². The molecule has 20 heavy (non-hydrogen) atoms. The van der Waals surface area contributed by atoms with Crippen molar-refractivity contribution in [2.75, 3.05) is 32.9 Å². The summed E-state index contributed by atoms with van der Waals surface area (Å²) in [6.07, 6.45) is 1.78. The van der Waals surface area contributed by atoms with Crippen molar-refractivity contribution >= 4 is 15.9 Å². The lowest BCUT2D eigenvalue weighted by atomic mass is 10.1. The van der Waals surface area contributed by atoms with E-state index in [4.69, 9.17) is 9.47 Å². The van der Waals surface area contributed by atoms with E-state index in [1.54, 1.807) is 0 Å². The van der Waals surface area contributed by atoms with Gasteiger partial charge in [0.1, 0.15) is 18.5 Å². The summed E-state index contributed by atoms with van der Waals surface area (Å²) in [5.41, 5.74) is 0. The van der Waals surface area contributed by atoms with E-state index in [9.17, 15) is 5.11 Å². The van der Waals surface area contributed by atoms with Gasteiger partial charge in [-0.1, -0.05) is 22.0 Å². The first kappa shape index (κ1) is 15.8. The van der Waals surface area contributed by atoms with Crippen LogP contribution in [0.25, 0.3) is 0 Å². The van der Waals surface area contributed by atoms with E-state index in [1.807, 2.05) is 24.3 Å². The molecule has 1 aliphatic rings. The Morgan fingerprint density at radius 1 is 1.50 bits per heavy atom. The predicted molar refractivity (Wildman–Crippen MR) is 82.1 cm³/mol. The van der Waals surface area contributed by atoms with Crippen LogP contribution in [-0.2, 0) is 4.74 Å². The predicted octanol–water partition coefficient (Wildman–Crippen LogP) is 2.21. The molecule has 0 spiro atoms. The molecular weight excluding hydrogens is 322 g/mol. The Kier molecular flexibility index (Phi) is 6.79. The van der Waals surface area contributed by atoms with Crippen molar-refractivity contribution in [3.8, 4) is 5.75 Å². The van der Waals surface area contributed by atoms with E-state index >= 15 is 0 Å². The van der Waals surface area contributed by atoms with Crippen molar-refractivity contribution in [2.24, 2.45) is 5.92 Å². The monoisotopic (exact) mass is 343 g/mol. The van der Waals surface area contributed by atoms with E-state index < -0.39 is 6.10 Å². The molecule has 2 rings (SSSR count). The molecule has 1 aliphatic heterocycles. The van der Waals surface area contributed by atoms with Crippen LogP contribution in [0.3, 0.4) is 0 Å². The second kappa shape index (κ2) is 8.62. The first-order chi connectivity index (χ1) is 9.74. The molecule has 1 aromatic carbocycles. The van der Waals surface area contributed by atoms with E-state index in [-0.39, 0.29) is 0 Å². The van der Waals surface area contributed by atoms with Gasteiger partial charge in [0.05, 0.1) is 0 Å². The maximum absolute atomic E-state index is 9.85. The topological polar surface area (TPSA) is 50.7 Å². The molecule has 2 atom stereocenters. The molecular formula is C15H22BrNO3. The van der Waals surface area contributed by atoms with E-state index in [2.05, 4.69) is 21.2 Å². The minimum absolute atomic E-state index is 0.302. The number of halogens is 1. The normalized spacial score (nSPS) is 20.0. The molecule has 0 aliphatic carbocycles. The number of benzene rings is 1. The van der Waals surface area contributed by atoms with Gasteiger partial charge in [0.2, 0.25) is 0 Å². The number of aliphatic hydroxyl groups is 1. The smallest absolute Gasteiger partial charge is 0.120 e. The second-order valence-corrected chi connectivity index (χ2v) is 6.06. The fraction of sp³-hybridized carbons (Fsp3) is 0.600. The molecule has 1 aromatic rings. The van der Waals surface area contributed by atoms with Crippen molar-refractivity contribution in [1.29, 1.82) is 0 Å². The van der Waals surface area contributed by atoms with Gasteiger partial charge in [0, 0.05) is 24.2 Å². The number of rotatable bonds is 8. The lowest BCUT2D eigenvalue weighted by molar-refractivity contribution is 0.106. The third-order valence-corrected chi connectivity index (χ3v) is 3.87. The first-order valence-electron chi connectivity index (χ1n) is 7.09. The standard InChI is InChI=1S/C15H22BrNO3/c16-13-2-1-3-15(8-13)20-11-14(18)9-17-6-4-12-5-7-19-10-12/h1-3,8,12,14,17-18H,4-7,9-11H2. The Morgan fingerprint density at radius 2 is 2.40 bits per heavy atom. The Labute approximate surface area is 128 Å². The molecule has 0 bridgehead atoms. The molecule has 2 N–H and O–H groups in total. The van der Waals surface area contributed by atoms with Crippen LogP contribution in [0.2, 0.25) is 0 Å². The van der Waals surface area contributed by atoms with Gasteiger partial charge >= 0.3 is 0 Å². The number of ether oxygens (including phenoxy) is 2. The minimum Gasteiger partial charge on any atom is -0.491 e. The summed E-state index contributed by atoms with van der Waals surface area (Å²) in [6, 6.07) is 7.62. The van der Waals surface area contributed by atoms with Crippen molar-refractivity contribution in [3.05, 3.63) is 28.7 Å². The zero-order valence-electron chi connectivity index (χ0n) is 11.6. The maximum atomic E-state index is 9.85. The molecule has 1 fully saturated rings. The minimum atomic E-state index is -0.492. The number of hydrogen-bond acceptors (Lipinski definition) is 4.